The van der Waals surface area contributed by atoms with Crippen molar-refractivity contribution >= 4 is 40.9 Å². The first-order valence-corrected chi connectivity index (χ1v) is 13.2. The third-order valence-electron chi connectivity index (χ3n) is 4.20. The Hall–Kier alpha value is -0.410. The second kappa shape index (κ2) is 9.45. The lowest BCUT2D eigenvalue weighted by Gasteiger charge is -2.35. The first-order chi connectivity index (χ1) is 14.0. The molecule has 20 heteroatoms. The van der Waals surface area contributed by atoms with Crippen LogP contribution in [0, 0.1) is 0 Å². The Morgan fingerprint density at radius 2 is 1.84 bits per heavy atom. The van der Waals surface area contributed by atoms with Gasteiger partial charge in [0.15, 0.2) is 6.23 Å². The van der Waals surface area contributed by atoms with Crippen molar-refractivity contribution in [1.29, 1.82) is 0 Å². The highest BCUT2D eigenvalue weighted by molar-refractivity contribution is 7.66. The molecule has 0 aromatic heterocycles. The molecule has 4 unspecified atom stereocenters. The van der Waals surface area contributed by atoms with E-state index in [4.69, 9.17) is 31.9 Å². The standard InChI is InChI=1S/C11H21ClN3O13P3/c1-2-11(5-25-30(21,22)28-31(23,24)27-29(18,19)20)8(16)7(12)9(26-11)15-4-3-6(13)14-10(15)17/h3-4,7-10,16-17H,2,5H2,1H3,(H2,13,14)(H,21,22)(H,23,24)(H2,18,19,20)/t7-,8+,9?,10?,11-/m1/s1. The molecule has 2 aliphatic heterocycles. The number of aliphatic hydroxyl groups excluding tert-OH is 2. The molecule has 180 valence electrons. The van der Waals surface area contributed by atoms with Gasteiger partial charge in [0, 0.05) is 6.20 Å². The molecule has 1 saturated heterocycles. The van der Waals surface area contributed by atoms with Crippen molar-refractivity contribution in [3.63, 3.8) is 0 Å². The summed E-state index contributed by atoms with van der Waals surface area (Å²) >= 11 is 6.20. The van der Waals surface area contributed by atoms with Gasteiger partial charge in [-0.3, -0.25) is 4.52 Å². The second-order valence-corrected chi connectivity index (χ2v) is 11.3. The number of phosphoric ester groups is 1. The lowest BCUT2D eigenvalue weighted by molar-refractivity contribution is -0.159. The SMILES string of the molecule is CC[C@]1(COP(=O)(O)OP(=O)(O)OP(=O)(O)O)OC(N2C=CC(N)=NC2O)[C@H](Cl)[C@@H]1O. The zero-order valence-electron chi connectivity index (χ0n) is 15.6. The van der Waals surface area contributed by atoms with Crippen LogP contribution in [0.2, 0.25) is 0 Å². The Kier molecular flexibility index (Phi) is 8.18. The lowest BCUT2D eigenvalue weighted by Crippen LogP contribution is -2.46. The van der Waals surface area contributed by atoms with E-state index in [1.807, 2.05) is 0 Å². The predicted octanol–water partition coefficient (Wildman–Crippen LogP) is -0.735. The van der Waals surface area contributed by atoms with Crippen LogP contribution in [-0.2, 0) is 31.6 Å². The number of aliphatic imine (C=N–C) groups is 1. The molecule has 31 heavy (non-hydrogen) atoms. The van der Waals surface area contributed by atoms with Crippen LogP contribution in [0.3, 0.4) is 0 Å². The zero-order valence-corrected chi connectivity index (χ0v) is 19.0. The summed E-state index contributed by atoms with van der Waals surface area (Å²) in [6.45, 7) is 0.571. The van der Waals surface area contributed by atoms with Crippen LogP contribution in [0.4, 0.5) is 0 Å². The summed E-state index contributed by atoms with van der Waals surface area (Å²) in [5.74, 6) is 0.0165. The van der Waals surface area contributed by atoms with E-state index in [2.05, 4.69) is 18.1 Å². The highest BCUT2D eigenvalue weighted by Gasteiger charge is 2.56. The molecule has 2 rings (SSSR count). The van der Waals surface area contributed by atoms with Gasteiger partial charge in [-0.25, -0.2) is 18.7 Å². The summed E-state index contributed by atoms with van der Waals surface area (Å²) < 4.78 is 51.6. The van der Waals surface area contributed by atoms with Gasteiger partial charge in [0.2, 0.25) is 6.35 Å². The molecule has 8 N–H and O–H groups in total. The molecule has 1 fully saturated rings. The van der Waals surface area contributed by atoms with Gasteiger partial charge in [-0.15, -0.1) is 11.6 Å². The van der Waals surface area contributed by atoms with E-state index in [1.165, 1.54) is 19.2 Å². The quantitative estimate of drug-likeness (QED) is 0.143. The highest BCUT2D eigenvalue weighted by atomic mass is 35.5. The van der Waals surface area contributed by atoms with Crippen LogP contribution in [-0.4, -0.2) is 76.8 Å². The Bertz CT molecular complexity index is 882. The normalized spacial score (nSPS) is 35.5. The summed E-state index contributed by atoms with van der Waals surface area (Å²) in [5, 5.41) is 19.4. The Labute approximate surface area is 180 Å². The van der Waals surface area contributed by atoms with Gasteiger partial charge >= 0.3 is 23.5 Å². The summed E-state index contributed by atoms with van der Waals surface area (Å²) in [6.07, 6.45) is -1.69. The summed E-state index contributed by atoms with van der Waals surface area (Å²) in [5.41, 5.74) is 3.71. The van der Waals surface area contributed by atoms with E-state index in [0.29, 0.717) is 0 Å². The number of rotatable bonds is 9. The topological polar surface area (TPSA) is 251 Å². The van der Waals surface area contributed by atoms with Crippen LogP contribution in [0.5, 0.6) is 0 Å². The molecule has 0 amide bonds. The number of nitrogens with two attached hydrogens (primary N) is 1. The van der Waals surface area contributed by atoms with Crippen LogP contribution < -0.4 is 5.73 Å². The third-order valence-corrected chi connectivity index (χ3v) is 8.43. The number of hydrogen-bond donors (Lipinski definition) is 7. The van der Waals surface area contributed by atoms with Gasteiger partial charge in [-0.2, -0.15) is 8.62 Å². The number of hydrogen-bond acceptors (Lipinski definition) is 12. The number of halogens is 1. The predicted molar refractivity (Wildman–Crippen MR) is 102 cm³/mol. The maximum absolute atomic E-state index is 12.0. The van der Waals surface area contributed by atoms with Crippen molar-refractivity contribution in [2.45, 2.75) is 43.0 Å². The summed E-state index contributed by atoms with van der Waals surface area (Å²) in [4.78, 5) is 40.7. The Morgan fingerprint density at radius 1 is 1.23 bits per heavy atom. The van der Waals surface area contributed by atoms with Crippen molar-refractivity contribution in [2.75, 3.05) is 6.61 Å². The number of amidine groups is 1. The minimum absolute atomic E-state index is 0.0165. The molecule has 0 aromatic carbocycles. The molecule has 0 radical (unpaired) electrons. The molecule has 7 atom stereocenters. The van der Waals surface area contributed by atoms with Crippen LogP contribution in [0.25, 0.3) is 0 Å². The van der Waals surface area contributed by atoms with Crippen molar-refractivity contribution in [3.05, 3.63) is 12.3 Å². The highest BCUT2D eigenvalue weighted by Crippen LogP contribution is 2.66. The number of phosphoric acid groups is 3. The average Bonchev–Trinajstić information content (AvgIpc) is 2.82. The molecular weight excluding hydrogens is 511 g/mol. The summed E-state index contributed by atoms with van der Waals surface area (Å²) in [6, 6.07) is 0. The van der Waals surface area contributed by atoms with E-state index >= 15 is 0 Å². The van der Waals surface area contributed by atoms with E-state index < -0.39 is 59.7 Å². The van der Waals surface area contributed by atoms with Gasteiger partial charge < -0.3 is 45.2 Å². The Balaban J connectivity index is 2.13. The minimum Gasteiger partial charge on any atom is -0.388 e. The first-order valence-electron chi connectivity index (χ1n) is 8.26. The molecule has 2 aliphatic rings. The van der Waals surface area contributed by atoms with Gasteiger partial charge in [0.05, 0.1) is 6.61 Å². The van der Waals surface area contributed by atoms with Gasteiger partial charge in [0.1, 0.15) is 22.9 Å². The van der Waals surface area contributed by atoms with Gasteiger partial charge in [0.25, 0.3) is 0 Å². The molecule has 0 aliphatic carbocycles. The maximum atomic E-state index is 12.0. The molecule has 0 bridgehead atoms. The monoisotopic (exact) mass is 531 g/mol. The lowest BCUT2D eigenvalue weighted by atomic mass is 9.94. The van der Waals surface area contributed by atoms with Crippen molar-refractivity contribution < 1.29 is 61.4 Å². The van der Waals surface area contributed by atoms with E-state index in [9.17, 15) is 33.7 Å². The van der Waals surface area contributed by atoms with Crippen molar-refractivity contribution in [1.82, 2.24) is 4.90 Å². The molecular formula is C11H21ClN3O13P3. The largest absolute Gasteiger partial charge is 0.490 e. The fraction of sp³-hybridized carbons (Fsp3) is 0.727. The van der Waals surface area contributed by atoms with Crippen molar-refractivity contribution in [3.8, 4) is 0 Å². The van der Waals surface area contributed by atoms with Gasteiger partial charge in [-0.05, 0) is 12.5 Å². The van der Waals surface area contributed by atoms with E-state index in [-0.39, 0.29) is 12.3 Å². The van der Waals surface area contributed by atoms with E-state index in [1.54, 1.807) is 0 Å². The molecule has 16 nitrogen and oxygen atoms in total. The summed E-state index contributed by atoms with van der Waals surface area (Å²) in [7, 11) is -16.7. The first kappa shape index (κ1) is 26.8. The number of nitrogens with zero attached hydrogens (tertiary/aromatic N) is 2. The van der Waals surface area contributed by atoms with Crippen LogP contribution in [0.1, 0.15) is 13.3 Å². The molecule has 0 saturated carbocycles. The minimum atomic E-state index is -5.71. The zero-order chi connectivity index (χ0) is 23.8. The number of ether oxygens (including phenoxy) is 1. The average molecular weight is 532 g/mol. The van der Waals surface area contributed by atoms with E-state index in [0.717, 1.165) is 4.90 Å². The van der Waals surface area contributed by atoms with Crippen molar-refractivity contribution in [2.24, 2.45) is 10.7 Å². The molecule has 2 heterocycles. The third kappa shape index (κ3) is 6.79. The Morgan fingerprint density at radius 3 is 2.35 bits per heavy atom. The van der Waals surface area contributed by atoms with Crippen LogP contribution in [0.15, 0.2) is 17.3 Å². The van der Waals surface area contributed by atoms with Crippen LogP contribution >= 0.6 is 35.1 Å². The number of alkyl halides is 1. The maximum Gasteiger partial charge on any atom is 0.490 e. The smallest absolute Gasteiger partial charge is 0.388 e. The second-order valence-electron chi connectivity index (χ2n) is 6.34. The molecule has 0 spiro atoms. The van der Waals surface area contributed by atoms with Gasteiger partial charge in [-0.1, -0.05) is 6.92 Å². The molecule has 0 aromatic rings. The number of aliphatic hydroxyl groups is 2. The fourth-order valence-corrected chi connectivity index (χ4v) is 6.24. The fourth-order valence-electron chi connectivity index (χ4n) is 2.75.